The highest BCUT2D eigenvalue weighted by molar-refractivity contribution is 6.09. The van der Waals surface area contributed by atoms with E-state index in [1.165, 1.54) is 62.6 Å². The molecule has 0 amide bonds. The molecule has 30 heavy (non-hydrogen) atoms. The quantitative estimate of drug-likeness (QED) is 0.368. The molecule has 0 aliphatic heterocycles. The predicted molar refractivity (Wildman–Crippen MR) is 112 cm³/mol. The van der Waals surface area contributed by atoms with E-state index in [9.17, 15) is 30.0 Å². The molecule has 0 aliphatic rings. The van der Waals surface area contributed by atoms with Gasteiger partial charge in [0.05, 0.1) is 19.8 Å². The second kappa shape index (κ2) is 10.4. The largest absolute Gasteiger partial charge is 0.508 e. The summed E-state index contributed by atoms with van der Waals surface area (Å²) in [5.41, 5.74) is 1.47. The molecule has 0 spiro atoms. The lowest BCUT2D eigenvalue weighted by Crippen LogP contribution is -2.31. The van der Waals surface area contributed by atoms with Gasteiger partial charge in [-0.25, -0.2) is 0 Å². The van der Waals surface area contributed by atoms with Crippen LogP contribution in [0.5, 0.6) is 17.2 Å². The molecule has 2 atom stereocenters. The third-order valence-electron chi connectivity index (χ3n) is 4.49. The topological polar surface area (TPSA) is 124 Å². The maximum Gasteiger partial charge on any atom is 0.169 e. The second-order valence-corrected chi connectivity index (χ2v) is 6.65. The number of phenols is 2. The highest BCUT2D eigenvalue weighted by Gasteiger charge is 2.27. The lowest BCUT2D eigenvalue weighted by Gasteiger charge is -2.15. The minimum absolute atomic E-state index is 0.0401. The number of allylic oxidation sites excluding steroid dienone is 1. The molecule has 0 bridgehead atoms. The van der Waals surface area contributed by atoms with Gasteiger partial charge in [-0.2, -0.15) is 0 Å². The SMILES string of the molecule is COc1cc(C=CC(=O)C(C(C)=O)C(O)C=Cc2ccc(O)c(CO)c2)ccc1O. The highest BCUT2D eigenvalue weighted by Crippen LogP contribution is 2.27. The molecule has 7 nitrogen and oxygen atoms in total. The zero-order valence-corrected chi connectivity index (χ0v) is 16.6. The number of aliphatic hydroxyl groups is 2. The van der Waals surface area contributed by atoms with Gasteiger partial charge >= 0.3 is 0 Å². The molecule has 0 fully saturated rings. The summed E-state index contributed by atoms with van der Waals surface area (Å²) in [6.45, 7) is 0.874. The zero-order valence-electron chi connectivity index (χ0n) is 16.6. The smallest absolute Gasteiger partial charge is 0.169 e. The predicted octanol–water partition coefficient (Wildman–Crippen LogP) is 2.46. The van der Waals surface area contributed by atoms with Crippen molar-refractivity contribution in [3.63, 3.8) is 0 Å². The number of carbonyl (C=O) groups is 2. The Kier molecular flexibility index (Phi) is 7.91. The van der Waals surface area contributed by atoms with E-state index >= 15 is 0 Å². The van der Waals surface area contributed by atoms with E-state index in [1.807, 2.05) is 0 Å². The van der Waals surface area contributed by atoms with Crippen molar-refractivity contribution in [3.05, 3.63) is 65.2 Å². The summed E-state index contributed by atoms with van der Waals surface area (Å²) in [6, 6.07) is 9.02. The summed E-state index contributed by atoms with van der Waals surface area (Å²) in [7, 11) is 1.40. The maximum absolute atomic E-state index is 12.5. The van der Waals surface area contributed by atoms with Crippen molar-refractivity contribution in [1.82, 2.24) is 0 Å². The van der Waals surface area contributed by atoms with Crippen LogP contribution < -0.4 is 4.74 Å². The molecule has 0 aromatic heterocycles. The summed E-state index contributed by atoms with van der Waals surface area (Å²) in [4.78, 5) is 24.5. The number of Topliss-reactive ketones (excluding diaryl/α,β-unsaturated/α-hetero) is 1. The molecule has 7 heteroatoms. The Morgan fingerprint density at radius 3 is 2.27 bits per heavy atom. The molecule has 0 radical (unpaired) electrons. The molecular weight excluding hydrogens is 388 g/mol. The van der Waals surface area contributed by atoms with Crippen LogP contribution in [0.15, 0.2) is 48.6 Å². The molecule has 0 aliphatic carbocycles. The summed E-state index contributed by atoms with van der Waals surface area (Å²) in [6.07, 6.45) is 4.11. The van der Waals surface area contributed by atoms with Crippen LogP contribution in [0.1, 0.15) is 23.6 Å². The van der Waals surface area contributed by atoms with Crippen LogP contribution in [0.4, 0.5) is 0 Å². The monoisotopic (exact) mass is 412 g/mol. The van der Waals surface area contributed by atoms with E-state index in [0.29, 0.717) is 16.7 Å². The van der Waals surface area contributed by atoms with E-state index in [4.69, 9.17) is 4.74 Å². The van der Waals surface area contributed by atoms with E-state index in [1.54, 1.807) is 12.1 Å². The van der Waals surface area contributed by atoms with Crippen LogP contribution in [-0.4, -0.2) is 45.2 Å². The first-order valence-electron chi connectivity index (χ1n) is 9.15. The number of ketones is 2. The van der Waals surface area contributed by atoms with Crippen molar-refractivity contribution in [1.29, 1.82) is 0 Å². The number of aromatic hydroxyl groups is 2. The van der Waals surface area contributed by atoms with E-state index in [2.05, 4.69) is 0 Å². The Morgan fingerprint density at radius 1 is 1.03 bits per heavy atom. The summed E-state index contributed by atoms with van der Waals surface area (Å²) in [5.74, 6) is -2.21. The molecule has 158 valence electrons. The van der Waals surface area contributed by atoms with Crippen molar-refractivity contribution in [2.24, 2.45) is 5.92 Å². The maximum atomic E-state index is 12.5. The van der Waals surface area contributed by atoms with E-state index in [-0.39, 0.29) is 23.9 Å². The van der Waals surface area contributed by atoms with Gasteiger partial charge in [0, 0.05) is 5.56 Å². The number of carbonyl (C=O) groups excluding carboxylic acids is 2. The minimum atomic E-state index is -1.36. The third-order valence-corrected chi connectivity index (χ3v) is 4.49. The van der Waals surface area contributed by atoms with Crippen LogP contribution in [0.3, 0.4) is 0 Å². The van der Waals surface area contributed by atoms with Gasteiger partial charge in [-0.05, 0) is 48.4 Å². The molecule has 0 heterocycles. The van der Waals surface area contributed by atoms with Crippen LogP contribution in [-0.2, 0) is 16.2 Å². The summed E-state index contributed by atoms with van der Waals surface area (Å²) < 4.78 is 5.01. The van der Waals surface area contributed by atoms with Crippen molar-refractivity contribution >= 4 is 23.7 Å². The standard InChI is InChI=1S/C23H24O7/c1-14(25)23(20(28)9-5-15-3-7-18(26)17(11-15)13-24)21(29)10-6-16-4-8-19(27)22(12-16)30-2/h3-12,20,23-24,26-28H,13H2,1-2H3. The van der Waals surface area contributed by atoms with Crippen molar-refractivity contribution < 1.29 is 34.8 Å². The molecular formula is C23H24O7. The first-order valence-corrected chi connectivity index (χ1v) is 9.15. The van der Waals surface area contributed by atoms with Crippen LogP contribution in [0.2, 0.25) is 0 Å². The number of ether oxygens (including phenoxy) is 1. The molecule has 2 rings (SSSR count). The lowest BCUT2D eigenvalue weighted by molar-refractivity contribution is -0.132. The normalized spacial score (nSPS) is 13.5. The molecule has 4 N–H and O–H groups in total. The Labute approximate surface area is 174 Å². The first kappa shape index (κ1) is 22.9. The number of hydrogen-bond donors (Lipinski definition) is 4. The number of phenolic OH excluding ortho intramolecular Hbond substituents is 1. The van der Waals surface area contributed by atoms with Crippen molar-refractivity contribution in [2.75, 3.05) is 7.11 Å². The van der Waals surface area contributed by atoms with E-state index < -0.39 is 23.6 Å². The molecule has 2 aromatic carbocycles. The average molecular weight is 412 g/mol. The van der Waals surface area contributed by atoms with E-state index in [0.717, 1.165) is 0 Å². The Bertz CT molecular complexity index is 976. The summed E-state index contributed by atoms with van der Waals surface area (Å²) in [5, 5.41) is 38.8. The van der Waals surface area contributed by atoms with Crippen LogP contribution in [0, 0.1) is 5.92 Å². The minimum Gasteiger partial charge on any atom is -0.508 e. The summed E-state index contributed by atoms with van der Waals surface area (Å²) >= 11 is 0. The molecule has 0 saturated carbocycles. The van der Waals surface area contributed by atoms with Gasteiger partial charge in [0.2, 0.25) is 0 Å². The number of methoxy groups -OCH3 is 1. The van der Waals surface area contributed by atoms with Gasteiger partial charge < -0.3 is 25.2 Å². The highest BCUT2D eigenvalue weighted by atomic mass is 16.5. The van der Waals surface area contributed by atoms with Crippen molar-refractivity contribution in [3.8, 4) is 17.2 Å². The van der Waals surface area contributed by atoms with Crippen molar-refractivity contribution in [2.45, 2.75) is 19.6 Å². The fourth-order valence-corrected chi connectivity index (χ4v) is 2.85. The second-order valence-electron chi connectivity index (χ2n) is 6.65. The van der Waals surface area contributed by atoms with Gasteiger partial charge in [-0.1, -0.05) is 30.4 Å². The van der Waals surface area contributed by atoms with Gasteiger partial charge in [0.25, 0.3) is 0 Å². The van der Waals surface area contributed by atoms with Crippen LogP contribution in [0.25, 0.3) is 12.2 Å². The number of rotatable bonds is 9. The molecule has 0 saturated heterocycles. The number of hydrogen-bond acceptors (Lipinski definition) is 7. The Morgan fingerprint density at radius 2 is 1.67 bits per heavy atom. The Balaban J connectivity index is 2.17. The van der Waals surface area contributed by atoms with Gasteiger partial charge in [0.15, 0.2) is 17.3 Å². The third kappa shape index (κ3) is 5.79. The van der Waals surface area contributed by atoms with Gasteiger partial charge in [-0.3, -0.25) is 9.59 Å². The number of aliphatic hydroxyl groups excluding tert-OH is 2. The Hall–Kier alpha value is -3.42. The lowest BCUT2D eigenvalue weighted by atomic mass is 9.92. The fourth-order valence-electron chi connectivity index (χ4n) is 2.85. The fraction of sp³-hybridized carbons (Fsp3) is 0.217. The first-order chi connectivity index (χ1) is 14.3. The van der Waals surface area contributed by atoms with Crippen LogP contribution >= 0.6 is 0 Å². The number of benzene rings is 2. The van der Waals surface area contributed by atoms with Gasteiger partial charge in [0.1, 0.15) is 17.5 Å². The average Bonchev–Trinajstić information content (AvgIpc) is 2.72. The zero-order chi connectivity index (χ0) is 22.3. The van der Waals surface area contributed by atoms with Gasteiger partial charge in [-0.15, -0.1) is 0 Å². The molecule has 2 aromatic rings. The molecule has 2 unspecified atom stereocenters.